The molecule has 0 radical (unpaired) electrons. The number of hydrogen-bond donors (Lipinski definition) is 0. The van der Waals surface area contributed by atoms with Crippen molar-refractivity contribution in [3.8, 4) is 5.75 Å². The molecule has 4 aromatic rings. The number of hydrogen-bond acceptors (Lipinski definition) is 6. The quantitative estimate of drug-likeness (QED) is 0.463. The number of carbonyl (C=O) groups is 2. The van der Waals surface area contributed by atoms with Crippen LogP contribution < -0.4 is 4.74 Å². The SMILES string of the molecule is Cc1cc(C(=O)N2CCN(C(=O)c3ccc(COc4ccc5ccccc5c4)o3)CC2)on1. The minimum absolute atomic E-state index is 0.199. The Morgan fingerprint density at radius 2 is 1.58 bits per heavy atom. The third-order valence-corrected chi connectivity index (χ3v) is 5.67. The number of rotatable bonds is 5. The average molecular weight is 445 g/mol. The van der Waals surface area contributed by atoms with Gasteiger partial charge in [0, 0.05) is 32.2 Å². The molecule has 168 valence electrons. The average Bonchev–Trinajstić information content (AvgIpc) is 3.51. The van der Waals surface area contributed by atoms with Gasteiger partial charge in [0.1, 0.15) is 18.1 Å². The zero-order valence-electron chi connectivity index (χ0n) is 18.2. The van der Waals surface area contributed by atoms with Gasteiger partial charge in [0.25, 0.3) is 11.8 Å². The van der Waals surface area contributed by atoms with Gasteiger partial charge in [0.15, 0.2) is 5.76 Å². The predicted molar refractivity (Wildman–Crippen MR) is 120 cm³/mol. The summed E-state index contributed by atoms with van der Waals surface area (Å²) in [6.45, 7) is 3.67. The number of fused-ring (bicyclic) bond motifs is 1. The third-order valence-electron chi connectivity index (χ3n) is 5.67. The Balaban J connectivity index is 1.16. The summed E-state index contributed by atoms with van der Waals surface area (Å²) in [5, 5.41) is 6.00. The number of amides is 2. The summed E-state index contributed by atoms with van der Waals surface area (Å²) < 4.78 is 16.6. The van der Waals surface area contributed by atoms with E-state index >= 15 is 0 Å². The Bertz CT molecular complexity index is 1300. The molecule has 0 spiro atoms. The molecule has 8 nitrogen and oxygen atoms in total. The maximum atomic E-state index is 12.8. The summed E-state index contributed by atoms with van der Waals surface area (Å²) in [6.07, 6.45) is 0. The van der Waals surface area contributed by atoms with Crippen molar-refractivity contribution in [3.63, 3.8) is 0 Å². The first-order chi connectivity index (χ1) is 16.1. The molecule has 1 aliphatic heterocycles. The maximum absolute atomic E-state index is 12.8. The lowest BCUT2D eigenvalue weighted by molar-refractivity contribution is 0.0495. The predicted octanol–water partition coefficient (Wildman–Crippen LogP) is 3.91. The Morgan fingerprint density at radius 1 is 0.879 bits per heavy atom. The second-order valence-electron chi connectivity index (χ2n) is 7.98. The fourth-order valence-corrected chi connectivity index (χ4v) is 3.87. The number of carbonyl (C=O) groups excluding carboxylic acids is 2. The Labute approximate surface area is 190 Å². The molecule has 0 bridgehead atoms. The van der Waals surface area contributed by atoms with E-state index in [-0.39, 0.29) is 29.9 Å². The van der Waals surface area contributed by atoms with Crippen LogP contribution in [0.25, 0.3) is 10.8 Å². The van der Waals surface area contributed by atoms with E-state index in [9.17, 15) is 9.59 Å². The molecule has 0 N–H and O–H groups in total. The fourth-order valence-electron chi connectivity index (χ4n) is 3.87. The standard InChI is InChI=1S/C25H23N3O5/c1-17-14-23(33-26-17)25(30)28-12-10-27(11-13-28)24(29)22-9-8-21(32-22)16-31-20-7-6-18-4-2-3-5-19(18)15-20/h2-9,14-15H,10-13,16H2,1H3. The molecule has 2 aromatic carbocycles. The van der Waals surface area contributed by atoms with Crippen LogP contribution in [-0.2, 0) is 6.61 Å². The molecular weight excluding hydrogens is 422 g/mol. The molecule has 8 heteroatoms. The highest BCUT2D eigenvalue weighted by molar-refractivity contribution is 5.93. The molecule has 5 rings (SSSR count). The molecule has 1 fully saturated rings. The minimum atomic E-state index is -0.214. The van der Waals surface area contributed by atoms with Crippen molar-refractivity contribution in [3.05, 3.63) is 83.6 Å². The van der Waals surface area contributed by atoms with E-state index in [2.05, 4.69) is 5.16 Å². The number of benzene rings is 2. The first-order valence-electron chi connectivity index (χ1n) is 10.8. The highest BCUT2D eigenvalue weighted by atomic mass is 16.5. The smallest absolute Gasteiger partial charge is 0.292 e. The Kier molecular flexibility index (Phi) is 5.56. The molecule has 1 aliphatic rings. The number of aromatic nitrogens is 1. The van der Waals surface area contributed by atoms with Gasteiger partial charge < -0.3 is 23.5 Å². The molecular formula is C25H23N3O5. The summed E-state index contributed by atoms with van der Waals surface area (Å²) in [4.78, 5) is 28.7. The summed E-state index contributed by atoms with van der Waals surface area (Å²) >= 11 is 0. The van der Waals surface area contributed by atoms with Crippen LogP contribution in [0.1, 0.15) is 32.6 Å². The number of aryl methyl sites for hydroxylation is 1. The summed E-state index contributed by atoms with van der Waals surface area (Å²) in [7, 11) is 0. The van der Waals surface area contributed by atoms with Crippen molar-refractivity contribution in [1.29, 1.82) is 0 Å². The van der Waals surface area contributed by atoms with Crippen molar-refractivity contribution >= 4 is 22.6 Å². The van der Waals surface area contributed by atoms with Crippen molar-refractivity contribution in [2.45, 2.75) is 13.5 Å². The van der Waals surface area contributed by atoms with Gasteiger partial charge in [0.05, 0.1) is 5.69 Å². The van der Waals surface area contributed by atoms with Gasteiger partial charge in [-0.05, 0) is 42.0 Å². The van der Waals surface area contributed by atoms with Crippen LogP contribution in [0.5, 0.6) is 5.75 Å². The zero-order valence-corrected chi connectivity index (χ0v) is 18.2. The van der Waals surface area contributed by atoms with Crippen molar-refractivity contribution in [1.82, 2.24) is 15.0 Å². The van der Waals surface area contributed by atoms with Gasteiger partial charge in [-0.2, -0.15) is 0 Å². The summed E-state index contributed by atoms with van der Waals surface area (Å²) in [5.41, 5.74) is 0.658. The van der Waals surface area contributed by atoms with Gasteiger partial charge in [0.2, 0.25) is 5.76 Å². The molecule has 2 amide bonds. The van der Waals surface area contributed by atoms with E-state index in [1.165, 1.54) is 0 Å². The van der Waals surface area contributed by atoms with E-state index in [1.807, 2.05) is 42.5 Å². The van der Waals surface area contributed by atoms with Crippen molar-refractivity contribution in [2.75, 3.05) is 26.2 Å². The normalized spacial score (nSPS) is 14.0. The number of ether oxygens (including phenoxy) is 1. The first-order valence-corrected chi connectivity index (χ1v) is 10.8. The van der Waals surface area contributed by atoms with Crippen LogP contribution in [0, 0.1) is 6.92 Å². The number of nitrogens with zero attached hydrogens (tertiary/aromatic N) is 3. The highest BCUT2D eigenvalue weighted by Gasteiger charge is 2.28. The largest absolute Gasteiger partial charge is 0.486 e. The lowest BCUT2D eigenvalue weighted by Gasteiger charge is -2.33. The van der Waals surface area contributed by atoms with Crippen LogP contribution in [0.15, 0.2) is 69.6 Å². The monoisotopic (exact) mass is 445 g/mol. The van der Waals surface area contributed by atoms with E-state index in [0.29, 0.717) is 37.6 Å². The lowest BCUT2D eigenvalue weighted by atomic mass is 10.1. The van der Waals surface area contributed by atoms with E-state index in [0.717, 1.165) is 16.5 Å². The third kappa shape index (κ3) is 4.45. The number of piperazine rings is 1. The van der Waals surface area contributed by atoms with E-state index < -0.39 is 0 Å². The van der Waals surface area contributed by atoms with Crippen LogP contribution in [0.3, 0.4) is 0 Å². The fraction of sp³-hybridized carbons (Fsp3) is 0.240. The Morgan fingerprint density at radius 3 is 2.27 bits per heavy atom. The molecule has 0 unspecified atom stereocenters. The van der Waals surface area contributed by atoms with Gasteiger partial charge in [-0.15, -0.1) is 0 Å². The molecule has 2 aromatic heterocycles. The molecule has 0 atom stereocenters. The summed E-state index contributed by atoms with van der Waals surface area (Å²) in [6, 6.07) is 19.0. The maximum Gasteiger partial charge on any atom is 0.292 e. The second-order valence-corrected chi connectivity index (χ2v) is 7.98. The van der Waals surface area contributed by atoms with Gasteiger partial charge in [-0.1, -0.05) is 35.5 Å². The van der Waals surface area contributed by atoms with Crippen LogP contribution >= 0.6 is 0 Å². The van der Waals surface area contributed by atoms with E-state index in [4.69, 9.17) is 13.7 Å². The molecule has 3 heterocycles. The van der Waals surface area contributed by atoms with Gasteiger partial charge in [-0.3, -0.25) is 9.59 Å². The zero-order chi connectivity index (χ0) is 22.8. The Hall–Kier alpha value is -4.07. The van der Waals surface area contributed by atoms with E-state index in [1.54, 1.807) is 34.9 Å². The van der Waals surface area contributed by atoms with Crippen LogP contribution in [-0.4, -0.2) is 52.9 Å². The van der Waals surface area contributed by atoms with Crippen molar-refractivity contribution < 1.29 is 23.3 Å². The molecule has 1 saturated heterocycles. The first kappa shape index (κ1) is 20.8. The van der Waals surface area contributed by atoms with Crippen molar-refractivity contribution in [2.24, 2.45) is 0 Å². The van der Waals surface area contributed by atoms with Gasteiger partial charge >= 0.3 is 0 Å². The summed E-state index contributed by atoms with van der Waals surface area (Å²) in [5.74, 6) is 1.37. The van der Waals surface area contributed by atoms with Crippen LogP contribution in [0.2, 0.25) is 0 Å². The number of furan rings is 1. The molecule has 0 saturated carbocycles. The van der Waals surface area contributed by atoms with Gasteiger partial charge in [-0.25, -0.2) is 0 Å². The lowest BCUT2D eigenvalue weighted by Crippen LogP contribution is -2.50. The highest BCUT2D eigenvalue weighted by Crippen LogP contribution is 2.22. The molecule has 0 aliphatic carbocycles. The second kappa shape index (κ2) is 8.82. The molecule has 33 heavy (non-hydrogen) atoms. The topological polar surface area (TPSA) is 89.0 Å². The minimum Gasteiger partial charge on any atom is -0.486 e. The van der Waals surface area contributed by atoms with Crippen LogP contribution in [0.4, 0.5) is 0 Å².